The fourth-order valence-corrected chi connectivity index (χ4v) is 5.08. The van der Waals surface area contributed by atoms with E-state index in [1.807, 2.05) is 37.3 Å². The fourth-order valence-electron chi connectivity index (χ4n) is 5.08. The van der Waals surface area contributed by atoms with Crippen molar-refractivity contribution in [3.8, 4) is 17.4 Å². The van der Waals surface area contributed by atoms with Crippen LogP contribution in [-0.4, -0.2) is 86.1 Å². The van der Waals surface area contributed by atoms with Crippen LogP contribution < -0.4 is 19.1 Å². The van der Waals surface area contributed by atoms with Gasteiger partial charge in [0.25, 0.3) is 0 Å². The zero-order valence-electron chi connectivity index (χ0n) is 23.5. The van der Waals surface area contributed by atoms with Crippen molar-refractivity contribution >= 4 is 28.8 Å². The summed E-state index contributed by atoms with van der Waals surface area (Å²) in [6.07, 6.45) is 3.61. The normalized spacial score (nSPS) is 16.2. The second kappa shape index (κ2) is 13.5. The number of anilines is 1. The number of carbonyl (C=O) groups is 2. The number of amides is 1. The van der Waals surface area contributed by atoms with Crippen LogP contribution in [0.1, 0.15) is 31.7 Å². The Kier molecular flexibility index (Phi) is 9.35. The zero-order chi connectivity index (χ0) is 28.6. The van der Waals surface area contributed by atoms with E-state index in [9.17, 15) is 9.59 Å². The molecule has 0 bridgehead atoms. The van der Waals surface area contributed by atoms with Crippen LogP contribution in [0.4, 0.5) is 10.5 Å². The molecule has 0 spiro atoms. The summed E-state index contributed by atoms with van der Waals surface area (Å²) in [4.78, 5) is 37.6. The molecule has 11 nitrogen and oxygen atoms in total. The average molecular weight is 565 g/mol. The Morgan fingerprint density at radius 1 is 1.10 bits per heavy atom. The molecule has 11 heteroatoms. The Hall–Kier alpha value is -4.12. The number of pyridine rings is 2. The van der Waals surface area contributed by atoms with Gasteiger partial charge in [0.2, 0.25) is 5.88 Å². The lowest BCUT2D eigenvalue weighted by atomic mass is 10.1. The van der Waals surface area contributed by atoms with Crippen LogP contribution in [0.15, 0.2) is 42.6 Å². The zero-order valence-corrected chi connectivity index (χ0v) is 23.5. The molecule has 218 valence electrons. The van der Waals surface area contributed by atoms with Crippen LogP contribution in [-0.2, 0) is 20.7 Å². The molecule has 5 rings (SSSR count). The van der Waals surface area contributed by atoms with Crippen LogP contribution in [0.2, 0.25) is 0 Å². The molecule has 1 amide bonds. The van der Waals surface area contributed by atoms with E-state index >= 15 is 0 Å². The summed E-state index contributed by atoms with van der Waals surface area (Å²) in [6, 6.07) is 11.2. The van der Waals surface area contributed by atoms with Crippen LogP contribution in [0.5, 0.6) is 17.4 Å². The standard InChI is InChI=1S/C30H36N4O7/c1-3-38-28(35)5-4-14-33(15-11-21-10-13-31-24-7-9-27(37-2)32-29(21)24)16-12-23-20-34(30(36)41-23)22-6-8-25-26(19-22)40-18-17-39-25/h6-10,13,19,23H,3-5,11-12,14-18,20H2,1-2H3/t23-/m0/s1. The van der Waals surface area contributed by atoms with E-state index in [-0.39, 0.29) is 18.2 Å². The van der Waals surface area contributed by atoms with Crippen molar-refractivity contribution in [3.63, 3.8) is 0 Å². The Balaban J connectivity index is 1.22. The van der Waals surface area contributed by atoms with Gasteiger partial charge in [-0.3, -0.25) is 14.7 Å². The average Bonchev–Trinajstić information content (AvgIpc) is 3.37. The first-order chi connectivity index (χ1) is 20.0. The summed E-state index contributed by atoms with van der Waals surface area (Å²) in [5.41, 5.74) is 3.43. The van der Waals surface area contributed by atoms with E-state index in [1.165, 1.54) is 0 Å². The molecule has 41 heavy (non-hydrogen) atoms. The van der Waals surface area contributed by atoms with Crippen molar-refractivity contribution in [2.75, 3.05) is 58.0 Å². The molecule has 0 N–H and O–H groups in total. The number of nitrogens with zero attached hydrogens (tertiary/aromatic N) is 4. The lowest BCUT2D eigenvalue weighted by Gasteiger charge is -2.23. The molecular weight excluding hydrogens is 528 g/mol. The minimum absolute atomic E-state index is 0.191. The van der Waals surface area contributed by atoms with E-state index < -0.39 is 0 Å². The van der Waals surface area contributed by atoms with Crippen LogP contribution in [0, 0.1) is 0 Å². The van der Waals surface area contributed by atoms with E-state index in [0.717, 1.165) is 35.2 Å². The first-order valence-corrected chi connectivity index (χ1v) is 14.1. The van der Waals surface area contributed by atoms with E-state index in [1.54, 1.807) is 24.3 Å². The predicted molar refractivity (Wildman–Crippen MR) is 152 cm³/mol. The van der Waals surface area contributed by atoms with Crippen molar-refractivity contribution in [2.45, 2.75) is 38.7 Å². The number of methoxy groups -OCH3 is 1. The van der Waals surface area contributed by atoms with Gasteiger partial charge in [0, 0.05) is 37.8 Å². The van der Waals surface area contributed by atoms with E-state index in [2.05, 4.69) is 14.9 Å². The molecule has 1 fully saturated rings. The molecule has 1 atom stereocenters. The molecule has 2 aliphatic heterocycles. The number of hydrogen-bond donors (Lipinski definition) is 0. The van der Waals surface area contributed by atoms with Gasteiger partial charge in [0.15, 0.2) is 11.5 Å². The minimum atomic E-state index is -0.371. The number of esters is 1. The van der Waals surface area contributed by atoms with Gasteiger partial charge < -0.3 is 28.6 Å². The number of cyclic esters (lactones) is 1. The van der Waals surface area contributed by atoms with Crippen LogP contribution in [0.25, 0.3) is 11.0 Å². The molecule has 0 radical (unpaired) electrons. The first-order valence-electron chi connectivity index (χ1n) is 14.1. The number of hydrogen-bond acceptors (Lipinski definition) is 10. The minimum Gasteiger partial charge on any atom is -0.486 e. The van der Waals surface area contributed by atoms with Gasteiger partial charge in [-0.15, -0.1) is 0 Å². The maximum atomic E-state index is 12.7. The third kappa shape index (κ3) is 7.15. The molecule has 2 aliphatic rings. The number of ether oxygens (including phenoxy) is 5. The molecular formula is C30H36N4O7. The molecule has 1 aromatic carbocycles. The Morgan fingerprint density at radius 3 is 2.78 bits per heavy atom. The smallest absolute Gasteiger partial charge is 0.414 e. The van der Waals surface area contributed by atoms with Crippen molar-refractivity contribution in [3.05, 3.63) is 48.2 Å². The lowest BCUT2D eigenvalue weighted by molar-refractivity contribution is -0.143. The lowest BCUT2D eigenvalue weighted by Crippen LogP contribution is -2.32. The summed E-state index contributed by atoms with van der Waals surface area (Å²) in [5.74, 6) is 1.67. The Labute approximate surface area is 239 Å². The second-order valence-corrected chi connectivity index (χ2v) is 9.92. The largest absolute Gasteiger partial charge is 0.486 e. The van der Waals surface area contributed by atoms with Crippen molar-refractivity contribution < 1.29 is 33.3 Å². The summed E-state index contributed by atoms with van der Waals surface area (Å²) < 4.78 is 27.4. The summed E-state index contributed by atoms with van der Waals surface area (Å²) >= 11 is 0. The third-order valence-electron chi connectivity index (χ3n) is 7.19. The number of carbonyl (C=O) groups excluding carboxylic acids is 2. The van der Waals surface area contributed by atoms with Crippen molar-refractivity contribution in [1.82, 2.24) is 14.9 Å². The Bertz CT molecular complexity index is 1370. The monoisotopic (exact) mass is 564 g/mol. The quantitative estimate of drug-likeness (QED) is 0.282. The highest BCUT2D eigenvalue weighted by Crippen LogP contribution is 2.35. The van der Waals surface area contributed by atoms with E-state index in [0.29, 0.717) is 76.1 Å². The second-order valence-electron chi connectivity index (χ2n) is 9.92. The van der Waals surface area contributed by atoms with E-state index in [4.69, 9.17) is 23.7 Å². The third-order valence-corrected chi connectivity index (χ3v) is 7.19. The number of rotatable bonds is 13. The summed E-state index contributed by atoms with van der Waals surface area (Å²) in [6.45, 7) is 5.79. The fraction of sp³-hybridized carbons (Fsp3) is 0.467. The predicted octanol–water partition coefficient (Wildman–Crippen LogP) is 4.01. The van der Waals surface area contributed by atoms with Crippen LogP contribution >= 0.6 is 0 Å². The molecule has 4 heterocycles. The number of benzene rings is 1. The molecule has 0 saturated carbocycles. The highest BCUT2D eigenvalue weighted by molar-refractivity contribution is 5.90. The van der Waals surface area contributed by atoms with Gasteiger partial charge in [-0.2, -0.15) is 0 Å². The topological polar surface area (TPSA) is 113 Å². The summed E-state index contributed by atoms with van der Waals surface area (Å²) in [7, 11) is 1.60. The number of aromatic nitrogens is 2. The SMILES string of the molecule is CCOC(=O)CCCN(CCc1ccnc2ccc(OC)nc12)CC[C@H]1CN(c2ccc3c(c2)OCCO3)C(=O)O1. The van der Waals surface area contributed by atoms with Crippen molar-refractivity contribution in [1.29, 1.82) is 0 Å². The highest BCUT2D eigenvalue weighted by Gasteiger charge is 2.33. The maximum Gasteiger partial charge on any atom is 0.414 e. The molecule has 2 aromatic heterocycles. The van der Waals surface area contributed by atoms with Gasteiger partial charge in [-0.05, 0) is 62.6 Å². The number of fused-ring (bicyclic) bond motifs is 2. The van der Waals surface area contributed by atoms with Gasteiger partial charge in [-0.1, -0.05) is 0 Å². The van der Waals surface area contributed by atoms with Crippen molar-refractivity contribution in [2.24, 2.45) is 0 Å². The van der Waals surface area contributed by atoms with Gasteiger partial charge in [-0.25, -0.2) is 9.78 Å². The van der Waals surface area contributed by atoms with Crippen LogP contribution in [0.3, 0.4) is 0 Å². The van der Waals surface area contributed by atoms with Gasteiger partial charge in [0.1, 0.15) is 19.3 Å². The Morgan fingerprint density at radius 2 is 1.95 bits per heavy atom. The maximum absolute atomic E-state index is 12.7. The molecule has 0 aliphatic carbocycles. The molecule has 0 unspecified atom stereocenters. The first kappa shape index (κ1) is 28.4. The molecule has 1 saturated heterocycles. The highest BCUT2D eigenvalue weighted by atomic mass is 16.6. The summed E-state index contributed by atoms with van der Waals surface area (Å²) in [5, 5.41) is 0. The van der Waals surface area contributed by atoms with Gasteiger partial charge in [0.05, 0.1) is 37.0 Å². The van der Waals surface area contributed by atoms with Gasteiger partial charge >= 0.3 is 12.1 Å². The molecule has 3 aromatic rings.